The van der Waals surface area contributed by atoms with E-state index >= 15 is 0 Å². The van der Waals surface area contributed by atoms with E-state index in [1.54, 1.807) is 0 Å². The van der Waals surface area contributed by atoms with E-state index in [0.717, 1.165) is 18.1 Å². The van der Waals surface area contributed by atoms with E-state index in [9.17, 15) is 0 Å². The lowest BCUT2D eigenvalue weighted by molar-refractivity contribution is 0.460. The molecule has 1 aliphatic rings. The Kier molecular flexibility index (Phi) is 2.87. The highest BCUT2D eigenvalue weighted by Gasteiger charge is 2.14. The van der Waals surface area contributed by atoms with Crippen LogP contribution in [0, 0.1) is 6.07 Å². The first-order valence-electron chi connectivity index (χ1n) is 4.75. The lowest BCUT2D eigenvalue weighted by Gasteiger charge is -2.22. The maximum absolute atomic E-state index is 5.89. The highest BCUT2D eigenvalue weighted by molar-refractivity contribution is 6.30. The van der Waals surface area contributed by atoms with Gasteiger partial charge in [0.15, 0.2) is 0 Å². The molecule has 0 spiro atoms. The topological polar surface area (TPSA) is 12.0 Å². The van der Waals surface area contributed by atoms with Crippen molar-refractivity contribution in [3.05, 3.63) is 34.9 Å². The maximum atomic E-state index is 5.89. The summed E-state index contributed by atoms with van der Waals surface area (Å²) in [4.78, 5) is 0. The first-order chi connectivity index (χ1) is 6.36. The molecule has 0 unspecified atom stereocenters. The van der Waals surface area contributed by atoms with E-state index in [4.69, 9.17) is 11.6 Å². The Morgan fingerprint density at radius 2 is 2.08 bits per heavy atom. The molecular weight excluding hydrogens is 182 g/mol. The standard InChI is InChI=1S/C11H13ClN/c12-11-3-1-2-10(8-11)9-4-6-13-7-5-9/h1-3,9,13H,4-7H2. The SMILES string of the molecule is Clc1[c]c(C2CCNCC2)ccc1. The number of benzene rings is 1. The fourth-order valence-corrected chi connectivity index (χ4v) is 2.01. The molecule has 1 heterocycles. The summed E-state index contributed by atoms with van der Waals surface area (Å²) in [6.45, 7) is 2.23. The third-order valence-electron chi connectivity index (χ3n) is 2.56. The monoisotopic (exact) mass is 194 g/mol. The number of halogens is 1. The van der Waals surface area contributed by atoms with Crippen LogP contribution < -0.4 is 5.32 Å². The minimum absolute atomic E-state index is 0.653. The van der Waals surface area contributed by atoms with Gasteiger partial charge in [0.05, 0.1) is 0 Å². The molecule has 13 heavy (non-hydrogen) atoms. The van der Waals surface area contributed by atoms with Crippen molar-refractivity contribution in [3.8, 4) is 0 Å². The molecular formula is C11H13ClN. The van der Waals surface area contributed by atoms with Crippen LogP contribution >= 0.6 is 11.6 Å². The molecule has 2 heteroatoms. The quantitative estimate of drug-likeness (QED) is 0.725. The van der Waals surface area contributed by atoms with Gasteiger partial charge in [0.1, 0.15) is 0 Å². The first-order valence-corrected chi connectivity index (χ1v) is 5.12. The predicted octanol–water partition coefficient (Wildman–Crippen LogP) is 2.61. The summed E-state index contributed by atoms with van der Waals surface area (Å²) in [7, 11) is 0. The third-order valence-corrected chi connectivity index (χ3v) is 2.78. The average molecular weight is 195 g/mol. The van der Waals surface area contributed by atoms with Gasteiger partial charge in [0.2, 0.25) is 0 Å². The van der Waals surface area contributed by atoms with Crippen LogP contribution in [0.5, 0.6) is 0 Å². The van der Waals surface area contributed by atoms with Crippen LogP contribution in [0.4, 0.5) is 0 Å². The van der Waals surface area contributed by atoms with E-state index in [2.05, 4.69) is 17.4 Å². The molecule has 2 rings (SSSR count). The number of rotatable bonds is 1. The van der Waals surface area contributed by atoms with Crippen LogP contribution in [0.2, 0.25) is 5.02 Å². The van der Waals surface area contributed by atoms with E-state index in [1.807, 2.05) is 12.1 Å². The molecule has 0 amide bonds. The van der Waals surface area contributed by atoms with Gasteiger partial charge >= 0.3 is 0 Å². The van der Waals surface area contributed by atoms with Crippen molar-refractivity contribution in [2.45, 2.75) is 18.8 Å². The van der Waals surface area contributed by atoms with Crippen LogP contribution in [-0.2, 0) is 0 Å². The Labute approximate surface area is 84.1 Å². The van der Waals surface area contributed by atoms with Crippen LogP contribution in [0.3, 0.4) is 0 Å². The molecule has 0 atom stereocenters. The zero-order valence-electron chi connectivity index (χ0n) is 7.52. The first kappa shape index (κ1) is 9.04. The molecule has 1 aliphatic heterocycles. The van der Waals surface area contributed by atoms with E-state index in [-0.39, 0.29) is 0 Å². The molecule has 1 aromatic carbocycles. The Hall–Kier alpha value is -0.530. The summed E-state index contributed by atoms with van der Waals surface area (Å²) >= 11 is 5.89. The molecule has 69 valence electrons. The zero-order chi connectivity index (χ0) is 9.10. The molecule has 0 saturated carbocycles. The summed E-state index contributed by atoms with van der Waals surface area (Å²) in [5.41, 5.74) is 1.27. The van der Waals surface area contributed by atoms with Crippen LogP contribution in [0.25, 0.3) is 0 Å². The molecule has 0 aromatic heterocycles. The second-order valence-electron chi connectivity index (χ2n) is 3.48. The Morgan fingerprint density at radius 3 is 2.77 bits per heavy atom. The Morgan fingerprint density at radius 1 is 1.31 bits per heavy atom. The Balaban J connectivity index is 2.14. The largest absolute Gasteiger partial charge is 0.317 e. The fourth-order valence-electron chi connectivity index (χ4n) is 1.83. The van der Waals surface area contributed by atoms with Crippen molar-refractivity contribution in [2.24, 2.45) is 0 Å². The van der Waals surface area contributed by atoms with Crippen molar-refractivity contribution in [1.29, 1.82) is 0 Å². The lowest BCUT2D eigenvalue weighted by atomic mass is 9.90. The molecule has 1 nitrogen and oxygen atoms in total. The summed E-state index contributed by atoms with van der Waals surface area (Å²) in [6, 6.07) is 9.23. The van der Waals surface area contributed by atoms with Gasteiger partial charge in [0, 0.05) is 11.1 Å². The maximum Gasteiger partial charge on any atom is 0.0487 e. The molecule has 0 bridgehead atoms. The second kappa shape index (κ2) is 4.12. The lowest BCUT2D eigenvalue weighted by Crippen LogP contribution is -2.26. The smallest absolute Gasteiger partial charge is 0.0487 e. The molecule has 1 fully saturated rings. The second-order valence-corrected chi connectivity index (χ2v) is 3.89. The third kappa shape index (κ3) is 2.23. The average Bonchev–Trinajstić information content (AvgIpc) is 2.19. The number of piperidine rings is 1. The predicted molar refractivity (Wildman–Crippen MR) is 55.1 cm³/mol. The number of nitrogens with one attached hydrogen (secondary N) is 1. The highest BCUT2D eigenvalue weighted by atomic mass is 35.5. The summed E-state index contributed by atoms with van der Waals surface area (Å²) < 4.78 is 0. The van der Waals surface area contributed by atoms with Gasteiger partial charge in [-0.05, 0) is 43.5 Å². The molecule has 1 saturated heterocycles. The minimum Gasteiger partial charge on any atom is -0.317 e. The molecule has 1 aromatic rings. The van der Waals surface area contributed by atoms with Crippen LogP contribution in [0.15, 0.2) is 18.2 Å². The summed E-state index contributed by atoms with van der Waals surface area (Å²) in [5.74, 6) is 0.653. The fraction of sp³-hybridized carbons (Fsp3) is 0.455. The van der Waals surface area contributed by atoms with Crippen molar-refractivity contribution in [3.63, 3.8) is 0 Å². The number of hydrogen-bond donors (Lipinski definition) is 1. The highest BCUT2D eigenvalue weighted by Crippen LogP contribution is 2.26. The van der Waals surface area contributed by atoms with Gasteiger partial charge in [-0.1, -0.05) is 23.7 Å². The van der Waals surface area contributed by atoms with E-state index in [0.29, 0.717) is 5.92 Å². The van der Waals surface area contributed by atoms with Crippen molar-refractivity contribution in [1.82, 2.24) is 5.32 Å². The normalized spacial score (nSPS) is 18.8. The zero-order valence-corrected chi connectivity index (χ0v) is 8.27. The van der Waals surface area contributed by atoms with Gasteiger partial charge in [0.25, 0.3) is 0 Å². The van der Waals surface area contributed by atoms with Gasteiger partial charge < -0.3 is 5.32 Å². The van der Waals surface area contributed by atoms with Gasteiger partial charge in [-0.15, -0.1) is 0 Å². The summed E-state index contributed by atoms with van der Waals surface area (Å²) in [6.07, 6.45) is 2.41. The van der Waals surface area contributed by atoms with Crippen molar-refractivity contribution in [2.75, 3.05) is 13.1 Å². The van der Waals surface area contributed by atoms with Crippen molar-refractivity contribution >= 4 is 11.6 Å². The van der Waals surface area contributed by atoms with Crippen LogP contribution in [-0.4, -0.2) is 13.1 Å². The molecule has 1 N–H and O–H groups in total. The Bertz CT molecular complexity index is 279. The van der Waals surface area contributed by atoms with Gasteiger partial charge in [-0.3, -0.25) is 0 Å². The van der Waals surface area contributed by atoms with Gasteiger partial charge in [-0.25, -0.2) is 0 Å². The number of hydrogen-bond acceptors (Lipinski definition) is 1. The van der Waals surface area contributed by atoms with Crippen LogP contribution in [0.1, 0.15) is 24.3 Å². The van der Waals surface area contributed by atoms with E-state index in [1.165, 1.54) is 18.4 Å². The van der Waals surface area contributed by atoms with E-state index < -0.39 is 0 Å². The van der Waals surface area contributed by atoms with Gasteiger partial charge in [-0.2, -0.15) is 0 Å². The molecule has 1 radical (unpaired) electrons. The minimum atomic E-state index is 0.653. The summed E-state index contributed by atoms with van der Waals surface area (Å²) in [5, 5.41) is 4.08. The molecule has 0 aliphatic carbocycles. The van der Waals surface area contributed by atoms with Crippen molar-refractivity contribution < 1.29 is 0 Å².